The second-order valence-electron chi connectivity index (χ2n) is 7.15. The minimum absolute atomic E-state index is 0.184. The first kappa shape index (κ1) is 22.2. The van der Waals surface area contributed by atoms with Crippen molar-refractivity contribution in [1.29, 1.82) is 0 Å². The zero-order chi connectivity index (χ0) is 22.7. The Bertz CT molecular complexity index is 1110. The molecule has 1 aromatic carbocycles. The number of nitrogens with two attached hydrogens (primary N) is 1. The van der Waals surface area contributed by atoms with Gasteiger partial charge in [0, 0.05) is 36.5 Å². The molecule has 31 heavy (non-hydrogen) atoms. The van der Waals surface area contributed by atoms with Gasteiger partial charge in [0.1, 0.15) is 11.9 Å². The van der Waals surface area contributed by atoms with Gasteiger partial charge in [0.2, 0.25) is 0 Å². The first-order valence-corrected chi connectivity index (χ1v) is 9.74. The lowest BCUT2D eigenvalue weighted by atomic mass is 10.0. The summed E-state index contributed by atoms with van der Waals surface area (Å²) < 4.78 is 26.5. The molecule has 2 aromatic heterocycles. The van der Waals surface area contributed by atoms with Crippen LogP contribution in [0.3, 0.4) is 0 Å². The molecule has 2 heterocycles. The number of carbonyl (C=O) groups excluding carboxylic acids is 1. The molecule has 0 amide bonds. The fourth-order valence-corrected chi connectivity index (χ4v) is 3.56. The number of pyridine rings is 1. The number of nitrogens with one attached hydrogen (secondary N) is 1. The van der Waals surface area contributed by atoms with Crippen LogP contribution < -0.4 is 15.8 Å². The van der Waals surface area contributed by atoms with Gasteiger partial charge in [0.15, 0.2) is 11.6 Å². The minimum Gasteiger partial charge on any atom is -0.482 e. The zero-order valence-electron chi connectivity index (χ0n) is 18.2. The monoisotopic (exact) mass is 427 g/mol. The molecule has 0 radical (unpaired) electrons. The maximum absolute atomic E-state index is 13.9. The molecule has 3 rings (SSSR count). The van der Waals surface area contributed by atoms with E-state index in [0.29, 0.717) is 17.9 Å². The van der Waals surface area contributed by atoms with Crippen LogP contribution in [0.25, 0.3) is 11.1 Å². The van der Waals surface area contributed by atoms with Gasteiger partial charge in [0.05, 0.1) is 24.1 Å². The Balaban J connectivity index is 2.00. The number of aromatic nitrogens is 3. The Morgan fingerprint density at radius 3 is 2.77 bits per heavy atom. The first-order valence-electron chi connectivity index (χ1n) is 9.74. The highest BCUT2D eigenvalue weighted by Crippen LogP contribution is 2.34. The van der Waals surface area contributed by atoms with Gasteiger partial charge in [-0.2, -0.15) is 5.10 Å². The van der Waals surface area contributed by atoms with E-state index in [9.17, 15) is 9.18 Å². The quantitative estimate of drug-likeness (QED) is 0.558. The standard InChI is InChI=1S/C22H26FN5O3/c1-12-20(18(11-25-3)28(4)27-12)14-8-19(21(24)26-10-14)31-13(2)17-9-15(23)6-7-16(17)22(29)30-5/h6-10,13,25H,11H2,1-5H3,(H2,24,26). The van der Waals surface area contributed by atoms with E-state index in [2.05, 4.69) is 15.4 Å². The van der Waals surface area contributed by atoms with Crippen molar-refractivity contribution in [3.63, 3.8) is 0 Å². The average Bonchev–Trinajstić information content (AvgIpc) is 3.02. The van der Waals surface area contributed by atoms with Gasteiger partial charge in [-0.15, -0.1) is 0 Å². The van der Waals surface area contributed by atoms with Crippen molar-refractivity contribution in [2.45, 2.75) is 26.5 Å². The molecule has 8 nitrogen and oxygen atoms in total. The highest BCUT2D eigenvalue weighted by Gasteiger charge is 2.21. The van der Waals surface area contributed by atoms with Gasteiger partial charge in [-0.05, 0) is 45.2 Å². The second kappa shape index (κ2) is 9.13. The fraction of sp³-hybridized carbons (Fsp3) is 0.318. The number of esters is 1. The van der Waals surface area contributed by atoms with Crippen molar-refractivity contribution in [3.05, 3.63) is 58.8 Å². The summed E-state index contributed by atoms with van der Waals surface area (Å²) in [5.74, 6) is -0.555. The van der Waals surface area contributed by atoms with E-state index in [1.165, 1.54) is 25.3 Å². The largest absolute Gasteiger partial charge is 0.482 e. The van der Waals surface area contributed by atoms with E-state index in [4.69, 9.17) is 15.2 Å². The third-order valence-electron chi connectivity index (χ3n) is 5.02. The van der Waals surface area contributed by atoms with Crippen LogP contribution in [-0.2, 0) is 18.3 Å². The summed E-state index contributed by atoms with van der Waals surface area (Å²) >= 11 is 0. The first-order chi connectivity index (χ1) is 14.8. The number of nitrogens with zero attached hydrogens (tertiary/aromatic N) is 3. The number of benzene rings is 1. The van der Waals surface area contributed by atoms with E-state index < -0.39 is 17.9 Å². The molecule has 0 fully saturated rings. The van der Waals surface area contributed by atoms with Crippen LogP contribution in [0.1, 0.15) is 40.3 Å². The number of rotatable bonds is 7. The third-order valence-corrected chi connectivity index (χ3v) is 5.02. The molecular formula is C22H26FN5O3. The molecular weight excluding hydrogens is 401 g/mol. The molecule has 0 spiro atoms. The van der Waals surface area contributed by atoms with Crippen LogP contribution in [0.2, 0.25) is 0 Å². The molecule has 1 unspecified atom stereocenters. The van der Waals surface area contributed by atoms with Gasteiger partial charge >= 0.3 is 5.97 Å². The number of anilines is 1. The Morgan fingerprint density at radius 2 is 2.10 bits per heavy atom. The zero-order valence-corrected chi connectivity index (χ0v) is 18.2. The van der Waals surface area contributed by atoms with E-state index in [0.717, 1.165) is 22.5 Å². The molecule has 0 aliphatic heterocycles. The van der Waals surface area contributed by atoms with Crippen LogP contribution in [0.15, 0.2) is 30.5 Å². The Morgan fingerprint density at radius 1 is 1.35 bits per heavy atom. The van der Waals surface area contributed by atoms with Gasteiger partial charge in [-0.3, -0.25) is 4.68 Å². The smallest absolute Gasteiger partial charge is 0.338 e. The molecule has 164 valence electrons. The minimum atomic E-state index is -0.684. The number of hydrogen-bond donors (Lipinski definition) is 2. The van der Waals surface area contributed by atoms with Crippen LogP contribution in [0.4, 0.5) is 10.2 Å². The van der Waals surface area contributed by atoms with E-state index in [-0.39, 0.29) is 11.4 Å². The van der Waals surface area contributed by atoms with Crippen molar-refractivity contribution in [1.82, 2.24) is 20.1 Å². The lowest BCUT2D eigenvalue weighted by Gasteiger charge is -2.19. The number of carbonyl (C=O) groups is 1. The topological polar surface area (TPSA) is 104 Å². The van der Waals surface area contributed by atoms with Crippen LogP contribution in [0.5, 0.6) is 5.75 Å². The Hall–Kier alpha value is -3.46. The maximum Gasteiger partial charge on any atom is 0.338 e. The summed E-state index contributed by atoms with van der Waals surface area (Å²) in [6, 6.07) is 5.60. The lowest BCUT2D eigenvalue weighted by molar-refractivity contribution is 0.0595. The van der Waals surface area contributed by atoms with Crippen LogP contribution >= 0.6 is 0 Å². The van der Waals surface area contributed by atoms with Crippen molar-refractivity contribution in [2.75, 3.05) is 19.9 Å². The van der Waals surface area contributed by atoms with Gasteiger partial charge in [0.25, 0.3) is 0 Å². The summed E-state index contributed by atoms with van der Waals surface area (Å²) in [6.45, 7) is 4.24. The molecule has 0 aliphatic carbocycles. The second-order valence-corrected chi connectivity index (χ2v) is 7.15. The Labute approximate surface area is 180 Å². The molecule has 0 saturated heterocycles. The number of nitrogen functional groups attached to an aromatic ring is 1. The normalized spacial score (nSPS) is 11.9. The number of ether oxygens (including phenoxy) is 2. The summed E-state index contributed by atoms with van der Waals surface area (Å²) in [5.41, 5.74) is 10.2. The molecule has 9 heteroatoms. The van der Waals surface area contributed by atoms with E-state index >= 15 is 0 Å². The van der Waals surface area contributed by atoms with Gasteiger partial charge < -0.3 is 20.5 Å². The lowest BCUT2D eigenvalue weighted by Crippen LogP contribution is -2.13. The van der Waals surface area contributed by atoms with E-state index in [1.807, 2.05) is 25.7 Å². The number of halogens is 1. The fourth-order valence-electron chi connectivity index (χ4n) is 3.56. The predicted octanol–water partition coefficient (Wildman–Crippen LogP) is 3.16. The van der Waals surface area contributed by atoms with Crippen molar-refractivity contribution < 1.29 is 18.7 Å². The predicted molar refractivity (Wildman–Crippen MR) is 115 cm³/mol. The van der Waals surface area contributed by atoms with Crippen LogP contribution in [-0.4, -0.2) is 34.9 Å². The highest BCUT2D eigenvalue weighted by molar-refractivity contribution is 5.91. The Kier molecular flexibility index (Phi) is 6.55. The van der Waals surface area contributed by atoms with Crippen molar-refractivity contribution in [2.24, 2.45) is 7.05 Å². The van der Waals surface area contributed by atoms with Gasteiger partial charge in [-0.25, -0.2) is 14.2 Å². The van der Waals surface area contributed by atoms with Gasteiger partial charge in [-0.1, -0.05) is 0 Å². The average molecular weight is 427 g/mol. The number of hydrogen-bond acceptors (Lipinski definition) is 7. The highest BCUT2D eigenvalue weighted by atomic mass is 19.1. The summed E-state index contributed by atoms with van der Waals surface area (Å²) in [5, 5.41) is 7.64. The van der Waals surface area contributed by atoms with Crippen molar-refractivity contribution >= 4 is 11.8 Å². The third kappa shape index (κ3) is 4.51. The van der Waals surface area contributed by atoms with Crippen molar-refractivity contribution in [3.8, 4) is 16.9 Å². The molecule has 1 atom stereocenters. The SMILES string of the molecule is CNCc1c(-c2cnc(N)c(OC(C)c3cc(F)ccc3C(=O)OC)c2)c(C)nn1C. The van der Waals surface area contributed by atoms with Crippen LogP contribution in [0, 0.1) is 12.7 Å². The molecule has 0 saturated carbocycles. The molecule has 0 aliphatic rings. The summed E-state index contributed by atoms with van der Waals surface area (Å²) in [4.78, 5) is 16.4. The number of aryl methyl sites for hydroxylation is 2. The summed E-state index contributed by atoms with van der Waals surface area (Å²) in [7, 11) is 5.01. The molecule has 3 aromatic rings. The molecule has 0 bridgehead atoms. The summed E-state index contributed by atoms with van der Waals surface area (Å²) in [6.07, 6.45) is 0.980. The number of methoxy groups -OCH3 is 1. The maximum atomic E-state index is 13.9. The molecule has 3 N–H and O–H groups in total. The van der Waals surface area contributed by atoms with E-state index in [1.54, 1.807) is 19.2 Å².